The highest BCUT2D eigenvalue weighted by atomic mass is 14.1. The predicted octanol–water partition coefficient (Wildman–Crippen LogP) is 3.73. The Morgan fingerprint density at radius 3 is 2.23 bits per heavy atom. The van der Waals surface area contributed by atoms with Gasteiger partial charge in [0.2, 0.25) is 0 Å². The van der Waals surface area contributed by atoms with E-state index in [4.69, 9.17) is 0 Å². The first-order valence-corrected chi connectivity index (χ1v) is 4.70. The Balaban J connectivity index is 2.28. The van der Waals surface area contributed by atoms with Crippen LogP contribution < -0.4 is 0 Å². The van der Waals surface area contributed by atoms with Crippen molar-refractivity contribution in [2.45, 2.75) is 20.3 Å². The number of aryl methyl sites for hydroxylation is 1. The van der Waals surface area contributed by atoms with E-state index in [1.165, 1.54) is 22.3 Å². The molecule has 0 atom stereocenters. The second kappa shape index (κ2) is 3.21. The summed E-state index contributed by atoms with van der Waals surface area (Å²) < 4.78 is 0. The third kappa shape index (κ3) is 1.72. The van der Waals surface area contributed by atoms with E-state index in [9.17, 15) is 0 Å². The maximum atomic E-state index is 2.27. The molecule has 13 heavy (non-hydrogen) atoms. The molecule has 0 amide bonds. The van der Waals surface area contributed by atoms with Crippen LogP contribution in [-0.2, 0) is 0 Å². The number of hydrogen-bond donors (Lipinski definition) is 0. The van der Waals surface area contributed by atoms with E-state index in [2.05, 4.69) is 50.3 Å². The van der Waals surface area contributed by atoms with Gasteiger partial charge in [-0.2, -0.15) is 0 Å². The molecule has 0 fully saturated rings. The van der Waals surface area contributed by atoms with Crippen LogP contribution in [0.3, 0.4) is 0 Å². The van der Waals surface area contributed by atoms with Gasteiger partial charge >= 0.3 is 0 Å². The van der Waals surface area contributed by atoms with E-state index in [0.29, 0.717) is 0 Å². The first kappa shape index (κ1) is 8.31. The predicted molar refractivity (Wildman–Crippen MR) is 57.5 cm³/mol. The number of rotatable bonds is 1. The van der Waals surface area contributed by atoms with Crippen LogP contribution in [0.1, 0.15) is 24.5 Å². The molecular formula is C13H14. The third-order valence-corrected chi connectivity index (χ3v) is 2.47. The molecule has 0 heteroatoms. The van der Waals surface area contributed by atoms with Gasteiger partial charge < -0.3 is 0 Å². The second-order valence-corrected chi connectivity index (χ2v) is 3.69. The summed E-state index contributed by atoms with van der Waals surface area (Å²) in [6.07, 6.45) is 5.63. The summed E-state index contributed by atoms with van der Waals surface area (Å²) in [5.74, 6) is 0. The van der Waals surface area contributed by atoms with Gasteiger partial charge in [0.1, 0.15) is 0 Å². The number of hydrogen-bond acceptors (Lipinski definition) is 0. The van der Waals surface area contributed by atoms with E-state index in [1.54, 1.807) is 0 Å². The summed E-state index contributed by atoms with van der Waals surface area (Å²) in [6, 6.07) is 8.74. The fraction of sp³-hybridized carbons (Fsp3) is 0.231. The highest BCUT2D eigenvalue weighted by molar-refractivity contribution is 5.72. The molecule has 0 aliphatic heterocycles. The van der Waals surface area contributed by atoms with Gasteiger partial charge in [0.15, 0.2) is 0 Å². The summed E-state index contributed by atoms with van der Waals surface area (Å²) in [5.41, 5.74) is 5.51. The minimum Gasteiger partial charge on any atom is -0.0772 e. The SMILES string of the molecule is CC1=CCC(c2ccc(C)cc2)=C1. The largest absolute Gasteiger partial charge is 0.0772 e. The topological polar surface area (TPSA) is 0 Å². The molecular weight excluding hydrogens is 156 g/mol. The fourth-order valence-electron chi connectivity index (χ4n) is 1.63. The molecule has 0 saturated carbocycles. The Morgan fingerprint density at radius 2 is 1.69 bits per heavy atom. The van der Waals surface area contributed by atoms with Crippen molar-refractivity contribution in [3.8, 4) is 0 Å². The van der Waals surface area contributed by atoms with Crippen molar-refractivity contribution in [1.82, 2.24) is 0 Å². The Hall–Kier alpha value is -1.30. The van der Waals surface area contributed by atoms with Crippen LogP contribution in [-0.4, -0.2) is 0 Å². The Kier molecular flexibility index (Phi) is 2.05. The molecule has 0 nitrogen and oxygen atoms in total. The molecule has 0 aromatic heterocycles. The Labute approximate surface area is 79.6 Å². The van der Waals surface area contributed by atoms with Gasteiger partial charge in [-0.05, 0) is 31.4 Å². The molecule has 0 unspecified atom stereocenters. The van der Waals surface area contributed by atoms with Gasteiger partial charge in [-0.1, -0.05) is 47.6 Å². The lowest BCUT2D eigenvalue weighted by atomic mass is 10.0. The van der Waals surface area contributed by atoms with Crippen LogP contribution in [0.2, 0.25) is 0 Å². The lowest BCUT2D eigenvalue weighted by Gasteiger charge is -2.01. The minimum absolute atomic E-state index is 1.09. The van der Waals surface area contributed by atoms with Gasteiger partial charge in [0.25, 0.3) is 0 Å². The summed E-state index contributed by atoms with van der Waals surface area (Å²) in [4.78, 5) is 0. The van der Waals surface area contributed by atoms with E-state index in [1.807, 2.05) is 0 Å². The summed E-state index contributed by atoms with van der Waals surface area (Å²) >= 11 is 0. The van der Waals surface area contributed by atoms with E-state index < -0.39 is 0 Å². The molecule has 0 N–H and O–H groups in total. The molecule has 2 rings (SSSR count). The Morgan fingerprint density at radius 1 is 1.00 bits per heavy atom. The molecule has 0 saturated heterocycles. The van der Waals surface area contributed by atoms with Crippen LogP contribution in [0.25, 0.3) is 5.57 Å². The molecule has 0 spiro atoms. The number of benzene rings is 1. The van der Waals surface area contributed by atoms with Crippen LogP contribution >= 0.6 is 0 Å². The standard InChI is InChI=1S/C13H14/c1-10-3-6-12(7-4-10)13-8-5-11(2)9-13/h3-7,9H,8H2,1-2H3. The lowest BCUT2D eigenvalue weighted by molar-refractivity contribution is 1.39. The van der Waals surface area contributed by atoms with Crippen LogP contribution in [0.15, 0.2) is 42.0 Å². The minimum atomic E-state index is 1.09. The first-order chi connectivity index (χ1) is 6.25. The lowest BCUT2D eigenvalue weighted by Crippen LogP contribution is -1.80. The van der Waals surface area contributed by atoms with Crippen molar-refractivity contribution in [3.05, 3.63) is 53.1 Å². The van der Waals surface area contributed by atoms with Crippen molar-refractivity contribution < 1.29 is 0 Å². The summed E-state index contributed by atoms with van der Waals surface area (Å²) in [5, 5.41) is 0. The molecule has 66 valence electrons. The van der Waals surface area contributed by atoms with Crippen LogP contribution in [0, 0.1) is 6.92 Å². The zero-order valence-corrected chi connectivity index (χ0v) is 8.17. The third-order valence-electron chi connectivity index (χ3n) is 2.47. The summed E-state index contributed by atoms with van der Waals surface area (Å²) in [7, 11) is 0. The van der Waals surface area contributed by atoms with Crippen molar-refractivity contribution in [2.75, 3.05) is 0 Å². The van der Waals surface area contributed by atoms with Gasteiger partial charge in [-0.3, -0.25) is 0 Å². The fourth-order valence-corrected chi connectivity index (χ4v) is 1.63. The van der Waals surface area contributed by atoms with Crippen molar-refractivity contribution in [1.29, 1.82) is 0 Å². The average molecular weight is 170 g/mol. The van der Waals surface area contributed by atoms with Gasteiger partial charge in [0, 0.05) is 0 Å². The van der Waals surface area contributed by atoms with Crippen molar-refractivity contribution in [3.63, 3.8) is 0 Å². The maximum absolute atomic E-state index is 2.27. The van der Waals surface area contributed by atoms with Gasteiger partial charge in [-0.25, -0.2) is 0 Å². The molecule has 1 aliphatic rings. The molecule has 0 radical (unpaired) electrons. The normalized spacial score (nSPS) is 15.5. The van der Waals surface area contributed by atoms with Crippen molar-refractivity contribution in [2.24, 2.45) is 0 Å². The summed E-state index contributed by atoms with van der Waals surface area (Å²) in [6.45, 7) is 4.28. The molecule has 1 aliphatic carbocycles. The molecule has 0 bridgehead atoms. The van der Waals surface area contributed by atoms with Crippen LogP contribution in [0.4, 0.5) is 0 Å². The van der Waals surface area contributed by atoms with E-state index in [-0.39, 0.29) is 0 Å². The van der Waals surface area contributed by atoms with Gasteiger partial charge in [0.05, 0.1) is 0 Å². The van der Waals surface area contributed by atoms with E-state index >= 15 is 0 Å². The maximum Gasteiger partial charge on any atom is -0.00857 e. The highest BCUT2D eigenvalue weighted by Gasteiger charge is 2.04. The smallest absolute Gasteiger partial charge is 0.00857 e. The molecule has 0 heterocycles. The van der Waals surface area contributed by atoms with Crippen molar-refractivity contribution >= 4 is 5.57 Å². The zero-order chi connectivity index (χ0) is 9.26. The van der Waals surface area contributed by atoms with E-state index in [0.717, 1.165) is 6.42 Å². The Bertz CT molecular complexity index is 364. The average Bonchev–Trinajstić information content (AvgIpc) is 2.53. The molecule has 1 aromatic carbocycles. The first-order valence-electron chi connectivity index (χ1n) is 4.70. The zero-order valence-electron chi connectivity index (χ0n) is 8.17. The number of allylic oxidation sites excluding steroid dienone is 4. The monoisotopic (exact) mass is 170 g/mol. The van der Waals surface area contributed by atoms with Crippen LogP contribution in [0.5, 0.6) is 0 Å². The highest BCUT2D eigenvalue weighted by Crippen LogP contribution is 2.26. The van der Waals surface area contributed by atoms with Gasteiger partial charge in [-0.15, -0.1) is 0 Å². The molecule has 1 aromatic rings. The quantitative estimate of drug-likeness (QED) is 0.602. The second-order valence-electron chi connectivity index (χ2n) is 3.69.